The Bertz CT molecular complexity index is 235. The summed E-state index contributed by atoms with van der Waals surface area (Å²) in [5.74, 6) is 2.34. The molecule has 0 saturated heterocycles. The summed E-state index contributed by atoms with van der Waals surface area (Å²) in [6.07, 6.45) is 4.07. The molecule has 0 radical (unpaired) electrons. The molecule has 2 N–H and O–H groups in total. The highest BCUT2D eigenvalue weighted by molar-refractivity contribution is 7.99. The molecule has 0 spiro atoms. The van der Waals surface area contributed by atoms with Gasteiger partial charge in [-0.05, 0) is 37.0 Å². The molecular weight excluding hydrogens is 182 g/mol. The van der Waals surface area contributed by atoms with Gasteiger partial charge in [0.15, 0.2) is 0 Å². The molecule has 1 heterocycles. The summed E-state index contributed by atoms with van der Waals surface area (Å²) in [5, 5.41) is 4.12. The first kappa shape index (κ1) is 10.6. The smallest absolute Gasteiger partial charge is 0.0492 e. The van der Waals surface area contributed by atoms with Gasteiger partial charge in [-0.2, -0.15) is 16.9 Å². The van der Waals surface area contributed by atoms with Crippen molar-refractivity contribution in [2.75, 3.05) is 18.1 Å². The first-order chi connectivity index (χ1) is 6.34. The van der Waals surface area contributed by atoms with E-state index in [9.17, 15) is 0 Å². The van der Waals surface area contributed by atoms with Crippen molar-refractivity contribution in [3.8, 4) is 0 Å². The van der Waals surface area contributed by atoms with E-state index < -0.39 is 0 Å². The summed E-state index contributed by atoms with van der Waals surface area (Å²) in [7, 11) is 1.99. The molecule has 1 aromatic rings. The number of aryl methyl sites for hydroxylation is 2. The summed E-state index contributed by atoms with van der Waals surface area (Å²) < 4.78 is 1.93. The van der Waals surface area contributed by atoms with Gasteiger partial charge in [0.05, 0.1) is 0 Å². The van der Waals surface area contributed by atoms with E-state index >= 15 is 0 Å². The summed E-state index contributed by atoms with van der Waals surface area (Å²) in [4.78, 5) is 0. The molecule has 0 fully saturated rings. The second-order valence-corrected chi connectivity index (χ2v) is 4.18. The van der Waals surface area contributed by atoms with E-state index in [0.717, 1.165) is 19.4 Å². The minimum absolute atomic E-state index is 0.804. The molecule has 0 unspecified atom stereocenters. The quantitative estimate of drug-likeness (QED) is 0.696. The lowest BCUT2D eigenvalue weighted by atomic mass is 10.3. The largest absolute Gasteiger partial charge is 0.330 e. The third kappa shape index (κ3) is 3.83. The average molecular weight is 199 g/mol. The lowest BCUT2D eigenvalue weighted by Crippen LogP contribution is -2.02. The van der Waals surface area contributed by atoms with Crippen LogP contribution in [0.5, 0.6) is 0 Å². The Kier molecular flexibility index (Phi) is 4.93. The van der Waals surface area contributed by atoms with Gasteiger partial charge in [0.25, 0.3) is 0 Å². The van der Waals surface area contributed by atoms with Gasteiger partial charge in [-0.1, -0.05) is 0 Å². The molecule has 1 aromatic heterocycles. The van der Waals surface area contributed by atoms with E-state index in [1.165, 1.54) is 17.2 Å². The highest BCUT2D eigenvalue weighted by Gasteiger charge is 1.97. The van der Waals surface area contributed by atoms with Gasteiger partial charge in [-0.25, -0.2) is 0 Å². The van der Waals surface area contributed by atoms with E-state index in [2.05, 4.69) is 11.2 Å². The highest BCUT2D eigenvalue weighted by Crippen LogP contribution is 2.06. The Morgan fingerprint density at radius 1 is 1.54 bits per heavy atom. The molecule has 0 amide bonds. The van der Waals surface area contributed by atoms with Crippen molar-refractivity contribution in [2.24, 2.45) is 12.8 Å². The number of aromatic nitrogens is 2. The van der Waals surface area contributed by atoms with Crippen molar-refractivity contribution < 1.29 is 0 Å². The van der Waals surface area contributed by atoms with Crippen LogP contribution in [-0.4, -0.2) is 27.8 Å². The number of hydrogen-bond donors (Lipinski definition) is 1. The van der Waals surface area contributed by atoms with Crippen molar-refractivity contribution in [1.82, 2.24) is 9.78 Å². The van der Waals surface area contributed by atoms with Crippen molar-refractivity contribution in [3.63, 3.8) is 0 Å². The summed E-state index contributed by atoms with van der Waals surface area (Å²) in [5.41, 5.74) is 6.71. The third-order valence-corrected chi connectivity index (χ3v) is 2.99. The monoisotopic (exact) mass is 199 g/mol. The third-order valence-electron chi connectivity index (χ3n) is 1.92. The summed E-state index contributed by atoms with van der Waals surface area (Å²) in [6.45, 7) is 0.804. The van der Waals surface area contributed by atoms with Crippen LogP contribution in [0.2, 0.25) is 0 Å². The van der Waals surface area contributed by atoms with Crippen LogP contribution >= 0.6 is 11.8 Å². The zero-order valence-electron chi connectivity index (χ0n) is 8.07. The predicted octanol–water partition coefficient (Wildman–Crippen LogP) is 1.04. The molecule has 4 heteroatoms. The van der Waals surface area contributed by atoms with E-state index in [0.29, 0.717) is 0 Å². The normalized spacial score (nSPS) is 10.6. The topological polar surface area (TPSA) is 43.8 Å². The maximum atomic E-state index is 5.40. The zero-order chi connectivity index (χ0) is 9.52. The minimum Gasteiger partial charge on any atom is -0.330 e. The van der Waals surface area contributed by atoms with E-state index in [1.54, 1.807) is 0 Å². The number of nitrogens with two attached hydrogens (primary N) is 1. The lowest BCUT2D eigenvalue weighted by molar-refractivity contribution is 0.719. The van der Waals surface area contributed by atoms with Gasteiger partial charge in [-0.15, -0.1) is 0 Å². The van der Waals surface area contributed by atoms with Gasteiger partial charge < -0.3 is 5.73 Å². The highest BCUT2D eigenvalue weighted by atomic mass is 32.2. The molecule has 74 valence electrons. The second-order valence-electron chi connectivity index (χ2n) is 2.95. The average Bonchev–Trinajstić information content (AvgIpc) is 2.52. The summed E-state index contributed by atoms with van der Waals surface area (Å²) in [6, 6.07) is 2.07. The molecule has 1 rings (SSSR count). The first-order valence-electron chi connectivity index (χ1n) is 4.59. The maximum Gasteiger partial charge on any atom is 0.0492 e. The fourth-order valence-electron chi connectivity index (χ4n) is 1.11. The number of rotatable bonds is 6. The van der Waals surface area contributed by atoms with Crippen molar-refractivity contribution >= 4 is 11.8 Å². The molecule has 13 heavy (non-hydrogen) atoms. The minimum atomic E-state index is 0.804. The Hall–Kier alpha value is -0.480. The van der Waals surface area contributed by atoms with Gasteiger partial charge in [0.2, 0.25) is 0 Å². The molecule has 3 nitrogen and oxygen atoms in total. The zero-order valence-corrected chi connectivity index (χ0v) is 8.89. The van der Waals surface area contributed by atoms with Crippen molar-refractivity contribution in [2.45, 2.75) is 12.8 Å². The van der Waals surface area contributed by atoms with Crippen molar-refractivity contribution in [1.29, 1.82) is 0 Å². The van der Waals surface area contributed by atoms with Crippen LogP contribution in [0.15, 0.2) is 12.3 Å². The van der Waals surface area contributed by atoms with E-state index in [4.69, 9.17) is 5.73 Å². The lowest BCUT2D eigenvalue weighted by Gasteiger charge is -2.01. The Morgan fingerprint density at radius 3 is 3.00 bits per heavy atom. The number of hydrogen-bond acceptors (Lipinski definition) is 3. The van der Waals surface area contributed by atoms with Crippen LogP contribution in [0.25, 0.3) is 0 Å². The van der Waals surface area contributed by atoms with Crippen LogP contribution in [0.1, 0.15) is 12.1 Å². The van der Waals surface area contributed by atoms with Crippen LogP contribution in [0, 0.1) is 0 Å². The molecule has 0 aliphatic carbocycles. The standard InChI is InChI=1S/C9H17N3S/c1-12-9(3-6-11-12)4-8-13-7-2-5-10/h3,6H,2,4-5,7-8,10H2,1H3. The molecule has 0 atom stereocenters. The van der Waals surface area contributed by atoms with Gasteiger partial charge in [0.1, 0.15) is 0 Å². The molecular formula is C9H17N3S. The molecule has 0 aromatic carbocycles. The van der Waals surface area contributed by atoms with Crippen LogP contribution < -0.4 is 5.73 Å². The number of thioether (sulfide) groups is 1. The Labute approximate surface area is 83.7 Å². The Balaban J connectivity index is 2.10. The van der Waals surface area contributed by atoms with E-state index in [-0.39, 0.29) is 0 Å². The van der Waals surface area contributed by atoms with Gasteiger partial charge in [-0.3, -0.25) is 4.68 Å². The molecule has 0 saturated carbocycles. The summed E-state index contributed by atoms with van der Waals surface area (Å²) >= 11 is 1.96. The molecule has 0 bridgehead atoms. The second kappa shape index (κ2) is 6.05. The fraction of sp³-hybridized carbons (Fsp3) is 0.667. The first-order valence-corrected chi connectivity index (χ1v) is 5.74. The van der Waals surface area contributed by atoms with Crippen LogP contribution in [0.4, 0.5) is 0 Å². The predicted molar refractivity (Wildman–Crippen MR) is 57.9 cm³/mol. The van der Waals surface area contributed by atoms with Crippen LogP contribution in [-0.2, 0) is 13.5 Å². The molecule has 0 aliphatic rings. The maximum absolute atomic E-state index is 5.40. The SMILES string of the molecule is Cn1nccc1CCSCCCN. The van der Waals surface area contributed by atoms with Gasteiger partial charge >= 0.3 is 0 Å². The fourth-order valence-corrected chi connectivity index (χ4v) is 2.04. The van der Waals surface area contributed by atoms with Crippen molar-refractivity contribution in [3.05, 3.63) is 18.0 Å². The Morgan fingerprint density at radius 2 is 2.38 bits per heavy atom. The van der Waals surface area contributed by atoms with Crippen LogP contribution in [0.3, 0.4) is 0 Å². The van der Waals surface area contributed by atoms with E-state index in [1.807, 2.05) is 29.7 Å². The number of nitrogens with zero attached hydrogens (tertiary/aromatic N) is 2. The van der Waals surface area contributed by atoms with Gasteiger partial charge in [0, 0.05) is 18.9 Å². The molecule has 0 aliphatic heterocycles.